The van der Waals surface area contributed by atoms with Gasteiger partial charge in [-0.15, -0.1) is 0 Å². The summed E-state index contributed by atoms with van der Waals surface area (Å²) in [4.78, 5) is 36.5. The molecule has 0 bridgehead atoms. The van der Waals surface area contributed by atoms with Crippen molar-refractivity contribution in [1.82, 2.24) is 15.0 Å². The van der Waals surface area contributed by atoms with Gasteiger partial charge in [0.25, 0.3) is 5.91 Å². The number of esters is 1. The van der Waals surface area contributed by atoms with Crippen molar-refractivity contribution >= 4 is 17.8 Å². The number of carbonyl (C=O) groups is 2. The number of amides is 1. The fourth-order valence-electron chi connectivity index (χ4n) is 2.08. The van der Waals surface area contributed by atoms with E-state index in [0.717, 1.165) is 0 Å². The summed E-state index contributed by atoms with van der Waals surface area (Å²) < 4.78 is 10.9. The third-order valence-electron chi connectivity index (χ3n) is 3.40. The maximum absolute atomic E-state index is 12.5. The second-order valence-corrected chi connectivity index (χ2v) is 5.38. The maximum Gasteiger partial charge on any atom is 0.344 e. The first kappa shape index (κ1) is 18.0. The number of carbonyl (C=O) groups excluding carboxylic acids is 2. The summed E-state index contributed by atoms with van der Waals surface area (Å²) in [5, 5.41) is 2.47. The highest BCUT2D eigenvalue weighted by molar-refractivity contribution is 5.97. The van der Waals surface area contributed by atoms with Gasteiger partial charge < -0.3 is 9.47 Å². The zero-order valence-electron chi connectivity index (χ0n) is 14.4. The van der Waals surface area contributed by atoms with Gasteiger partial charge in [0.15, 0.2) is 6.10 Å². The monoisotopic (exact) mass is 364 g/mol. The lowest BCUT2D eigenvalue weighted by atomic mass is 10.2. The van der Waals surface area contributed by atoms with E-state index < -0.39 is 18.0 Å². The predicted molar refractivity (Wildman–Crippen MR) is 96.3 cm³/mol. The quantitative estimate of drug-likeness (QED) is 0.671. The number of para-hydroxylation sites is 1. The lowest BCUT2D eigenvalue weighted by Gasteiger charge is -2.14. The number of anilines is 1. The Bertz CT molecular complexity index is 919. The van der Waals surface area contributed by atoms with Crippen LogP contribution in [-0.2, 0) is 9.53 Å². The van der Waals surface area contributed by atoms with Crippen LogP contribution in [0.5, 0.6) is 11.6 Å². The van der Waals surface area contributed by atoms with E-state index in [1.165, 1.54) is 31.6 Å². The van der Waals surface area contributed by atoms with Crippen LogP contribution in [0.3, 0.4) is 0 Å². The van der Waals surface area contributed by atoms with Gasteiger partial charge in [0.05, 0.1) is 0 Å². The number of nitrogens with zero attached hydrogens (tertiary/aromatic N) is 3. The molecule has 2 aromatic heterocycles. The Morgan fingerprint density at radius 3 is 2.37 bits per heavy atom. The third-order valence-corrected chi connectivity index (χ3v) is 3.40. The zero-order chi connectivity index (χ0) is 19.1. The van der Waals surface area contributed by atoms with E-state index in [1.54, 1.807) is 36.4 Å². The number of nitrogens with one attached hydrogen (secondary N) is 1. The van der Waals surface area contributed by atoms with Crippen LogP contribution in [0, 0.1) is 0 Å². The van der Waals surface area contributed by atoms with Crippen LogP contribution < -0.4 is 10.1 Å². The van der Waals surface area contributed by atoms with Crippen molar-refractivity contribution in [1.29, 1.82) is 0 Å². The van der Waals surface area contributed by atoms with Gasteiger partial charge in [0, 0.05) is 18.6 Å². The summed E-state index contributed by atoms with van der Waals surface area (Å²) in [5.74, 6) is -0.542. The minimum absolute atomic E-state index is 0.0905. The molecular weight excluding hydrogens is 348 g/mol. The molecule has 1 atom stereocenters. The standard InChI is InChI=1S/C19H16N4O4/c1-13(16(24)23-19-21-11-6-12-22-19)26-18(25)15-9-5-10-20-17(15)27-14-7-3-2-4-8-14/h2-13H,1H3,(H,21,22,23,24). The van der Waals surface area contributed by atoms with E-state index in [-0.39, 0.29) is 17.4 Å². The lowest BCUT2D eigenvalue weighted by molar-refractivity contribution is -0.123. The first-order valence-corrected chi connectivity index (χ1v) is 8.10. The maximum atomic E-state index is 12.5. The highest BCUT2D eigenvalue weighted by Gasteiger charge is 2.22. The predicted octanol–water partition coefficient (Wildman–Crippen LogP) is 2.85. The molecular formula is C19H16N4O4. The summed E-state index contributed by atoms with van der Waals surface area (Å²) in [5.41, 5.74) is 0.108. The van der Waals surface area contributed by atoms with Crippen LogP contribution in [0.2, 0.25) is 0 Å². The van der Waals surface area contributed by atoms with Crippen molar-refractivity contribution in [2.75, 3.05) is 5.32 Å². The molecule has 1 aromatic carbocycles. The van der Waals surface area contributed by atoms with Crippen molar-refractivity contribution in [2.24, 2.45) is 0 Å². The minimum Gasteiger partial charge on any atom is -0.449 e. The first-order valence-electron chi connectivity index (χ1n) is 8.10. The molecule has 8 heteroatoms. The molecule has 8 nitrogen and oxygen atoms in total. The molecule has 0 saturated heterocycles. The lowest BCUT2D eigenvalue weighted by Crippen LogP contribution is -2.30. The van der Waals surface area contributed by atoms with E-state index in [9.17, 15) is 9.59 Å². The molecule has 1 unspecified atom stereocenters. The van der Waals surface area contributed by atoms with Gasteiger partial charge in [-0.3, -0.25) is 10.1 Å². The smallest absolute Gasteiger partial charge is 0.344 e. The van der Waals surface area contributed by atoms with E-state index >= 15 is 0 Å². The molecule has 0 fully saturated rings. The number of pyridine rings is 1. The van der Waals surface area contributed by atoms with Crippen molar-refractivity contribution in [2.45, 2.75) is 13.0 Å². The van der Waals surface area contributed by atoms with Gasteiger partial charge in [0.1, 0.15) is 11.3 Å². The number of benzene rings is 1. The van der Waals surface area contributed by atoms with E-state index in [4.69, 9.17) is 9.47 Å². The number of hydrogen-bond acceptors (Lipinski definition) is 7. The normalized spacial score (nSPS) is 11.3. The van der Waals surface area contributed by atoms with Crippen LogP contribution in [0.25, 0.3) is 0 Å². The second kappa shape index (κ2) is 8.52. The Hall–Kier alpha value is -3.81. The van der Waals surface area contributed by atoms with Crippen molar-refractivity contribution in [3.05, 3.63) is 72.7 Å². The highest BCUT2D eigenvalue weighted by atomic mass is 16.6. The molecule has 0 radical (unpaired) electrons. The fraction of sp³-hybridized carbons (Fsp3) is 0.105. The Balaban J connectivity index is 1.68. The van der Waals surface area contributed by atoms with Gasteiger partial charge in [-0.05, 0) is 37.3 Å². The molecule has 3 rings (SSSR count). The van der Waals surface area contributed by atoms with E-state index in [2.05, 4.69) is 20.3 Å². The van der Waals surface area contributed by atoms with Gasteiger partial charge >= 0.3 is 5.97 Å². The summed E-state index contributed by atoms with van der Waals surface area (Å²) in [6.45, 7) is 1.45. The number of rotatable bonds is 6. The third kappa shape index (κ3) is 4.85. The largest absolute Gasteiger partial charge is 0.449 e. The van der Waals surface area contributed by atoms with Gasteiger partial charge in [-0.1, -0.05) is 18.2 Å². The molecule has 27 heavy (non-hydrogen) atoms. The average Bonchev–Trinajstić information content (AvgIpc) is 2.70. The van der Waals surface area contributed by atoms with Gasteiger partial charge in [0.2, 0.25) is 11.8 Å². The Labute approximate surface area is 155 Å². The fourth-order valence-corrected chi connectivity index (χ4v) is 2.08. The van der Waals surface area contributed by atoms with Gasteiger partial charge in [-0.2, -0.15) is 0 Å². The SMILES string of the molecule is CC(OC(=O)c1cccnc1Oc1ccccc1)C(=O)Nc1ncccn1. The van der Waals surface area contributed by atoms with Crippen LogP contribution in [0.1, 0.15) is 17.3 Å². The van der Waals surface area contributed by atoms with E-state index in [0.29, 0.717) is 5.75 Å². The summed E-state index contributed by atoms with van der Waals surface area (Å²) >= 11 is 0. The van der Waals surface area contributed by atoms with Crippen molar-refractivity contribution in [3.8, 4) is 11.6 Å². The topological polar surface area (TPSA) is 103 Å². The zero-order valence-corrected chi connectivity index (χ0v) is 14.4. The number of ether oxygens (including phenoxy) is 2. The summed E-state index contributed by atoms with van der Waals surface area (Å²) in [7, 11) is 0. The first-order chi connectivity index (χ1) is 13.1. The summed E-state index contributed by atoms with van der Waals surface area (Å²) in [6, 6.07) is 13.6. The molecule has 0 aliphatic carbocycles. The molecule has 0 saturated carbocycles. The van der Waals surface area contributed by atoms with E-state index in [1.807, 2.05) is 6.07 Å². The average molecular weight is 364 g/mol. The van der Waals surface area contributed by atoms with Crippen LogP contribution in [0.4, 0.5) is 5.95 Å². The molecule has 2 heterocycles. The Kier molecular flexibility index (Phi) is 5.68. The number of aromatic nitrogens is 3. The molecule has 1 amide bonds. The molecule has 136 valence electrons. The highest BCUT2D eigenvalue weighted by Crippen LogP contribution is 2.23. The Morgan fingerprint density at radius 2 is 1.63 bits per heavy atom. The van der Waals surface area contributed by atoms with Crippen molar-refractivity contribution in [3.63, 3.8) is 0 Å². The Morgan fingerprint density at radius 1 is 0.926 bits per heavy atom. The van der Waals surface area contributed by atoms with Crippen LogP contribution in [0.15, 0.2) is 67.1 Å². The molecule has 0 aliphatic heterocycles. The molecule has 0 aliphatic rings. The van der Waals surface area contributed by atoms with Crippen LogP contribution in [-0.4, -0.2) is 32.9 Å². The molecule has 0 spiro atoms. The second-order valence-electron chi connectivity index (χ2n) is 5.38. The number of hydrogen-bond donors (Lipinski definition) is 1. The van der Waals surface area contributed by atoms with Crippen LogP contribution >= 0.6 is 0 Å². The minimum atomic E-state index is -1.06. The molecule has 1 N–H and O–H groups in total. The van der Waals surface area contributed by atoms with Crippen molar-refractivity contribution < 1.29 is 19.1 Å². The van der Waals surface area contributed by atoms with Gasteiger partial charge in [-0.25, -0.2) is 19.7 Å². The summed E-state index contributed by atoms with van der Waals surface area (Å²) in [6.07, 6.45) is 3.41. The molecule has 3 aromatic rings.